The summed E-state index contributed by atoms with van der Waals surface area (Å²) in [5.74, 6) is -0.299. The zero-order valence-corrected chi connectivity index (χ0v) is 12.3. The third-order valence-electron chi connectivity index (χ3n) is 3.10. The number of ether oxygens (including phenoxy) is 1. The normalized spacial score (nSPS) is 11.2. The molecule has 20 heavy (non-hydrogen) atoms. The molecule has 1 aromatic carbocycles. The van der Waals surface area contributed by atoms with Gasteiger partial charge in [-0.1, -0.05) is 23.2 Å². The molecule has 3 aromatic rings. The number of hydrogen-bond donors (Lipinski definition) is 1. The minimum Gasteiger partial charge on any atom is -0.423 e. The zero-order chi connectivity index (χ0) is 14.4. The van der Waals surface area contributed by atoms with E-state index in [1.165, 1.54) is 6.92 Å². The van der Waals surface area contributed by atoms with Gasteiger partial charge in [0.2, 0.25) is 0 Å². The summed E-state index contributed by atoms with van der Waals surface area (Å²) in [5, 5.41) is 2.44. The first-order chi connectivity index (χ1) is 9.49. The van der Waals surface area contributed by atoms with E-state index in [2.05, 4.69) is 9.97 Å². The highest BCUT2D eigenvalue weighted by molar-refractivity contribution is 6.42. The number of benzene rings is 1. The summed E-state index contributed by atoms with van der Waals surface area (Å²) in [6, 6.07) is 3.62. The van der Waals surface area contributed by atoms with Crippen LogP contribution in [-0.2, 0) is 4.79 Å². The third kappa shape index (κ3) is 1.92. The van der Waals surface area contributed by atoms with E-state index in [4.69, 9.17) is 27.9 Å². The van der Waals surface area contributed by atoms with Crippen molar-refractivity contribution < 1.29 is 9.53 Å². The van der Waals surface area contributed by atoms with Crippen LogP contribution in [0.2, 0.25) is 10.0 Å². The fraction of sp³-hybridized carbons (Fsp3) is 0.143. The van der Waals surface area contributed by atoms with Crippen molar-refractivity contribution in [2.75, 3.05) is 0 Å². The number of fused-ring (bicyclic) bond motifs is 3. The number of rotatable bonds is 1. The standard InChI is InChI=1S/C14H10Cl2N2O2/c1-6-12-8(3-4-17-6)9-5-10(15)14(20-7(2)19)11(16)13(9)18-12/h3-5,18H,1-2H3. The van der Waals surface area contributed by atoms with Gasteiger partial charge in [0.25, 0.3) is 0 Å². The molecule has 0 aliphatic heterocycles. The lowest BCUT2D eigenvalue weighted by Gasteiger charge is -2.07. The maximum absolute atomic E-state index is 11.1. The number of carbonyl (C=O) groups excluding carboxylic acids is 1. The molecular weight excluding hydrogens is 299 g/mol. The first kappa shape index (κ1) is 13.2. The van der Waals surface area contributed by atoms with Gasteiger partial charge in [0.1, 0.15) is 5.02 Å². The van der Waals surface area contributed by atoms with Gasteiger partial charge in [-0.2, -0.15) is 0 Å². The van der Waals surface area contributed by atoms with Gasteiger partial charge in [-0.15, -0.1) is 0 Å². The van der Waals surface area contributed by atoms with E-state index in [-0.39, 0.29) is 5.75 Å². The lowest BCUT2D eigenvalue weighted by molar-refractivity contribution is -0.131. The van der Waals surface area contributed by atoms with Crippen LogP contribution in [0.4, 0.5) is 0 Å². The van der Waals surface area contributed by atoms with Crippen molar-refractivity contribution in [2.24, 2.45) is 0 Å². The van der Waals surface area contributed by atoms with Crippen molar-refractivity contribution in [1.29, 1.82) is 0 Å². The van der Waals surface area contributed by atoms with Crippen LogP contribution in [0, 0.1) is 6.92 Å². The van der Waals surface area contributed by atoms with E-state index < -0.39 is 5.97 Å². The average Bonchev–Trinajstić information content (AvgIpc) is 2.75. The van der Waals surface area contributed by atoms with Gasteiger partial charge in [0.05, 0.1) is 21.7 Å². The van der Waals surface area contributed by atoms with Gasteiger partial charge in [0, 0.05) is 23.9 Å². The average molecular weight is 309 g/mol. The van der Waals surface area contributed by atoms with Gasteiger partial charge in [-0.3, -0.25) is 9.78 Å². The van der Waals surface area contributed by atoms with Crippen molar-refractivity contribution in [2.45, 2.75) is 13.8 Å². The van der Waals surface area contributed by atoms with Crippen LogP contribution < -0.4 is 4.74 Å². The number of esters is 1. The van der Waals surface area contributed by atoms with Gasteiger partial charge in [-0.05, 0) is 19.1 Å². The molecule has 2 aromatic heterocycles. The fourth-order valence-electron chi connectivity index (χ4n) is 2.25. The Balaban J connectivity index is 2.41. The lowest BCUT2D eigenvalue weighted by atomic mass is 10.1. The molecule has 0 spiro atoms. The molecule has 3 rings (SSSR count). The largest absolute Gasteiger partial charge is 0.423 e. The van der Waals surface area contributed by atoms with Gasteiger partial charge < -0.3 is 9.72 Å². The number of nitrogens with one attached hydrogen (secondary N) is 1. The molecule has 0 amide bonds. The maximum atomic E-state index is 11.1. The number of aromatic amines is 1. The van der Waals surface area contributed by atoms with Gasteiger partial charge >= 0.3 is 5.97 Å². The van der Waals surface area contributed by atoms with E-state index >= 15 is 0 Å². The summed E-state index contributed by atoms with van der Waals surface area (Å²) in [7, 11) is 0. The minimum atomic E-state index is -0.470. The smallest absolute Gasteiger partial charge is 0.308 e. The molecule has 1 N–H and O–H groups in total. The van der Waals surface area contributed by atoms with Gasteiger partial charge in [-0.25, -0.2) is 0 Å². The molecule has 0 atom stereocenters. The highest BCUT2D eigenvalue weighted by atomic mass is 35.5. The number of halogens is 2. The fourth-order valence-corrected chi connectivity index (χ4v) is 2.83. The highest BCUT2D eigenvalue weighted by Gasteiger charge is 2.18. The maximum Gasteiger partial charge on any atom is 0.308 e. The monoisotopic (exact) mass is 308 g/mol. The Hall–Kier alpha value is -1.78. The van der Waals surface area contributed by atoms with Crippen molar-refractivity contribution >= 4 is 51.0 Å². The number of nitrogens with zero attached hydrogens (tertiary/aromatic N) is 1. The van der Waals surface area contributed by atoms with Crippen LogP contribution in [0.15, 0.2) is 18.3 Å². The van der Waals surface area contributed by atoms with E-state index in [0.29, 0.717) is 15.6 Å². The first-order valence-electron chi connectivity index (χ1n) is 5.92. The topological polar surface area (TPSA) is 55.0 Å². The summed E-state index contributed by atoms with van der Waals surface area (Å²) in [4.78, 5) is 18.6. The second-order valence-corrected chi connectivity index (χ2v) is 5.25. The van der Waals surface area contributed by atoms with Crippen LogP contribution in [0.1, 0.15) is 12.6 Å². The lowest BCUT2D eigenvalue weighted by Crippen LogP contribution is -2.02. The number of pyridine rings is 1. The number of aryl methyl sites for hydroxylation is 1. The molecule has 2 heterocycles. The molecule has 0 saturated carbocycles. The van der Waals surface area contributed by atoms with Crippen molar-refractivity contribution in [1.82, 2.24) is 9.97 Å². The highest BCUT2D eigenvalue weighted by Crippen LogP contribution is 2.41. The Morgan fingerprint density at radius 1 is 1.30 bits per heavy atom. The molecule has 0 aliphatic rings. The third-order valence-corrected chi connectivity index (χ3v) is 3.74. The summed E-state index contributed by atoms with van der Waals surface area (Å²) < 4.78 is 5.07. The quantitative estimate of drug-likeness (QED) is 0.540. The van der Waals surface area contributed by atoms with Crippen molar-refractivity contribution in [3.05, 3.63) is 34.1 Å². The van der Waals surface area contributed by atoms with E-state index in [0.717, 1.165) is 22.0 Å². The van der Waals surface area contributed by atoms with Gasteiger partial charge in [0.15, 0.2) is 5.75 Å². The molecule has 0 aliphatic carbocycles. The Kier molecular flexibility index (Phi) is 3.07. The van der Waals surface area contributed by atoms with E-state index in [1.54, 1.807) is 12.3 Å². The Bertz CT molecular complexity index is 855. The molecule has 0 radical (unpaired) electrons. The molecule has 6 heteroatoms. The van der Waals surface area contributed by atoms with Crippen molar-refractivity contribution in [3.8, 4) is 5.75 Å². The Morgan fingerprint density at radius 2 is 2.05 bits per heavy atom. The Morgan fingerprint density at radius 3 is 2.75 bits per heavy atom. The first-order valence-corrected chi connectivity index (χ1v) is 6.68. The second-order valence-electron chi connectivity index (χ2n) is 4.46. The van der Waals surface area contributed by atoms with Crippen LogP contribution >= 0.6 is 23.2 Å². The van der Waals surface area contributed by atoms with Crippen LogP contribution in [-0.4, -0.2) is 15.9 Å². The predicted octanol–water partition coefficient (Wildman–Crippen LogP) is 4.26. The van der Waals surface area contributed by atoms with E-state index in [1.807, 2.05) is 13.0 Å². The molecule has 0 saturated heterocycles. The van der Waals surface area contributed by atoms with Crippen LogP contribution in [0.3, 0.4) is 0 Å². The Labute approximate surface area is 124 Å². The summed E-state index contributed by atoms with van der Waals surface area (Å²) in [6.45, 7) is 3.20. The predicted molar refractivity (Wildman–Crippen MR) is 79.7 cm³/mol. The molecule has 0 unspecified atom stereocenters. The number of hydrogen-bond acceptors (Lipinski definition) is 3. The molecule has 102 valence electrons. The van der Waals surface area contributed by atoms with E-state index in [9.17, 15) is 4.79 Å². The summed E-state index contributed by atoms with van der Waals surface area (Å²) in [6.07, 6.45) is 1.73. The molecule has 0 fully saturated rings. The van der Waals surface area contributed by atoms with Crippen LogP contribution in [0.5, 0.6) is 5.75 Å². The zero-order valence-electron chi connectivity index (χ0n) is 10.8. The summed E-state index contributed by atoms with van der Waals surface area (Å²) >= 11 is 12.5. The molecule has 4 nitrogen and oxygen atoms in total. The summed E-state index contributed by atoms with van der Waals surface area (Å²) in [5.41, 5.74) is 2.43. The SMILES string of the molecule is CC(=O)Oc1c(Cl)cc2c([nH]c3c(C)nccc32)c1Cl. The number of aromatic nitrogens is 2. The minimum absolute atomic E-state index is 0.172. The second kappa shape index (κ2) is 4.65. The number of carbonyl (C=O) groups is 1. The molecule has 0 bridgehead atoms. The number of H-pyrrole nitrogens is 1. The van der Waals surface area contributed by atoms with Crippen molar-refractivity contribution in [3.63, 3.8) is 0 Å². The van der Waals surface area contributed by atoms with Crippen LogP contribution in [0.25, 0.3) is 21.8 Å². The molecular formula is C14H10Cl2N2O2.